The van der Waals surface area contributed by atoms with Gasteiger partial charge in [-0.2, -0.15) is 0 Å². The van der Waals surface area contributed by atoms with Gasteiger partial charge >= 0.3 is 0 Å². The summed E-state index contributed by atoms with van der Waals surface area (Å²) in [6.45, 7) is 4.82. The first-order valence-corrected chi connectivity index (χ1v) is 5.34. The Morgan fingerprint density at radius 2 is 2.27 bits per heavy atom. The van der Waals surface area contributed by atoms with Gasteiger partial charge in [0.15, 0.2) is 0 Å². The average Bonchev–Trinajstić information content (AvgIpc) is 2.84. The summed E-state index contributed by atoms with van der Waals surface area (Å²) >= 11 is 0. The summed E-state index contributed by atoms with van der Waals surface area (Å²) in [7, 11) is 1.87. The topological polar surface area (TPSA) is 60.2 Å². The molecule has 1 aromatic heterocycles. The molecule has 5 nitrogen and oxygen atoms in total. The quantitative estimate of drug-likeness (QED) is 0.815. The van der Waals surface area contributed by atoms with Crippen LogP contribution < -0.4 is 5.32 Å². The third-order valence-corrected chi connectivity index (χ3v) is 2.95. The van der Waals surface area contributed by atoms with Gasteiger partial charge in [0.05, 0.1) is 18.1 Å². The average molecular weight is 211 g/mol. The van der Waals surface area contributed by atoms with E-state index in [1.807, 2.05) is 20.9 Å². The van der Waals surface area contributed by atoms with Crippen molar-refractivity contribution >= 4 is 0 Å². The van der Waals surface area contributed by atoms with E-state index in [0.717, 1.165) is 13.0 Å². The Morgan fingerprint density at radius 1 is 1.47 bits per heavy atom. The lowest BCUT2D eigenvalue weighted by molar-refractivity contribution is 0.114. The first-order chi connectivity index (χ1) is 7.22. The van der Waals surface area contributed by atoms with Crippen LogP contribution in [0.5, 0.6) is 0 Å². The Bertz CT molecular complexity index is 326. The molecule has 2 heterocycles. The molecule has 0 aliphatic carbocycles. The van der Waals surface area contributed by atoms with Crippen LogP contribution >= 0.6 is 0 Å². The van der Waals surface area contributed by atoms with Gasteiger partial charge in [-0.05, 0) is 27.3 Å². The maximum Gasteiger partial charge on any atom is 0.233 e. The second-order valence-electron chi connectivity index (χ2n) is 3.96. The zero-order valence-corrected chi connectivity index (χ0v) is 9.36. The van der Waals surface area contributed by atoms with Gasteiger partial charge in [-0.15, -0.1) is 10.2 Å². The highest BCUT2D eigenvalue weighted by atomic mass is 16.5. The summed E-state index contributed by atoms with van der Waals surface area (Å²) in [5, 5.41) is 11.2. The second-order valence-corrected chi connectivity index (χ2v) is 3.96. The van der Waals surface area contributed by atoms with Crippen molar-refractivity contribution in [2.24, 2.45) is 0 Å². The summed E-state index contributed by atoms with van der Waals surface area (Å²) in [6.07, 6.45) is 1.15. The maximum atomic E-state index is 5.63. The van der Waals surface area contributed by atoms with Crippen LogP contribution in [0.4, 0.5) is 0 Å². The summed E-state index contributed by atoms with van der Waals surface area (Å²) in [5.74, 6) is 1.61. The van der Waals surface area contributed by atoms with Gasteiger partial charge in [0, 0.05) is 6.61 Å². The van der Waals surface area contributed by atoms with E-state index in [1.165, 1.54) is 0 Å². The standard InChI is InChI=1S/C10H17N3O2/c1-6(11-3)9-12-13-10(15-9)8-4-5-14-7(8)2/h6-8,11H,4-5H2,1-3H3. The lowest BCUT2D eigenvalue weighted by Crippen LogP contribution is -2.12. The Balaban J connectivity index is 2.12. The van der Waals surface area contributed by atoms with Gasteiger partial charge in [-0.1, -0.05) is 0 Å². The predicted octanol–water partition coefficient (Wildman–Crippen LogP) is 1.24. The van der Waals surface area contributed by atoms with Crippen molar-refractivity contribution in [2.75, 3.05) is 13.7 Å². The maximum absolute atomic E-state index is 5.63. The van der Waals surface area contributed by atoms with Gasteiger partial charge in [0.25, 0.3) is 0 Å². The number of hydrogen-bond donors (Lipinski definition) is 1. The highest BCUT2D eigenvalue weighted by molar-refractivity contribution is 4.98. The largest absolute Gasteiger partial charge is 0.423 e. The Hall–Kier alpha value is -0.940. The van der Waals surface area contributed by atoms with Gasteiger partial charge in [0.2, 0.25) is 11.8 Å². The minimum absolute atomic E-state index is 0.101. The monoisotopic (exact) mass is 211 g/mol. The fraction of sp³-hybridized carbons (Fsp3) is 0.800. The highest BCUT2D eigenvalue weighted by Crippen LogP contribution is 2.30. The molecule has 15 heavy (non-hydrogen) atoms. The van der Waals surface area contributed by atoms with Crippen molar-refractivity contribution in [2.45, 2.75) is 38.3 Å². The minimum atomic E-state index is 0.101. The molecule has 1 aromatic rings. The molecule has 3 atom stereocenters. The molecule has 0 aromatic carbocycles. The van der Waals surface area contributed by atoms with Crippen LogP contribution in [0, 0.1) is 0 Å². The Morgan fingerprint density at radius 3 is 2.87 bits per heavy atom. The zero-order chi connectivity index (χ0) is 10.8. The highest BCUT2D eigenvalue weighted by Gasteiger charge is 2.30. The lowest BCUT2D eigenvalue weighted by Gasteiger charge is -2.08. The minimum Gasteiger partial charge on any atom is -0.423 e. The summed E-state index contributed by atoms with van der Waals surface area (Å²) in [5.41, 5.74) is 0. The van der Waals surface area contributed by atoms with E-state index in [1.54, 1.807) is 0 Å². The van der Waals surface area contributed by atoms with E-state index >= 15 is 0 Å². The number of hydrogen-bond acceptors (Lipinski definition) is 5. The van der Waals surface area contributed by atoms with Crippen molar-refractivity contribution in [3.8, 4) is 0 Å². The van der Waals surface area contributed by atoms with Crippen LogP contribution in [0.2, 0.25) is 0 Å². The molecular formula is C10H17N3O2. The van der Waals surface area contributed by atoms with Crippen LogP contribution in [-0.4, -0.2) is 30.0 Å². The molecule has 1 saturated heterocycles. The van der Waals surface area contributed by atoms with Crippen molar-refractivity contribution in [1.29, 1.82) is 0 Å². The number of aromatic nitrogens is 2. The normalized spacial score (nSPS) is 28.2. The van der Waals surface area contributed by atoms with Crippen LogP contribution in [-0.2, 0) is 4.74 Å². The first-order valence-electron chi connectivity index (χ1n) is 5.34. The van der Waals surface area contributed by atoms with Crippen LogP contribution in [0.25, 0.3) is 0 Å². The van der Waals surface area contributed by atoms with E-state index in [-0.39, 0.29) is 18.1 Å². The molecule has 3 unspecified atom stereocenters. The molecule has 5 heteroatoms. The van der Waals surface area contributed by atoms with Gasteiger partial charge in [-0.25, -0.2) is 0 Å². The van der Waals surface area contributed by atoms with E-state index in [0.29, 0.717) is 11.8 Å². The molecule has 1 N–H and O–H groups in total. The van der Waals surface area contributed by atoms with Crippen LogP contribution in [0.3, 0.4) is 0 Å². The SMILES string of the molecule is CNC(C)c1nnc(C2CCOC2C)o1. The van der Waals surface area contributed by atoms with Crippen LogP contribution in [0.1, 0.15) is 44.0 Å². The zero-order valence-electron chi connectivity index (χ0n) is 9.36. The van der Waals surface area contributed by atoms with Crippen LogP contribution in [0.15, 0.2) is 4.42 Å². The number of nitrogens with zero attached hydrogens (tertiary/aromatic N) is 2. The van der Waals surface area contributed by atoms with Crippen molar-refractivity contribution in [3.05, 3.63) is 11.8 Å². The van der Waals surface area contributed by atoms with E-state index in [9.17, 15) is 0 Å². The Kier molecular flexibility index (Phi) is 3.02. The molecule has 0 amide bonds. The fourth-order valence-corrected chi connectivity index (χ4v) is 1.75. The van der Waals surface area contributed by atoms with E-state index < -0.39 is 0 Å². The molecule has 0 bridgehead atoms. The second kappa shape index (κ2) is 4.28. The third-order valence-electron chi connectivity index (χ3n) is 2.95. The van der Waals surface area contributed by atoms with Gasteiger partial charge in [-0.3, -0.25) is 0 Å². The molecule has 84 valence electrons. The van der Waals surface area contributed by atoms with Crippen molar-refractivity contribution in [3.63, 3.8) is 0 Å². The third kappa shape index (κ3) is 2.03. The molecule has 0 spiro atoms. The van der Waals surface area contributed by atoms with Crippen molar-refractivity contribution in [1.82, 2.24) is 15.5 Å². The van der Waals surface area contributed by atoms with Gasteiger partial charge < -0.3 is 14.5 Å². The molecule has 1 aliphatic heterocycles. The molecule has 0 saturated carbocycles. The molecule has 1 aliphatic rings. The summed E-state index contributed by atoms with van der Waals surface area (Å²) in [6, 6.07) is 0.101. The number of ether oxygens (including phenoxy) is 1. The molecular weight excluding hydrogens is 194 g/mol. The predicted molar refractivity (Wildman–Crippen MR) is 54.5 cm³/mol. The smallest absolute Gasteiger partial charge is 0.233 e. The van der Waals surface area contributed by atoms with Gasteiger partial charge in [0.1, 0.15) is 0 Å². The lowest BCUT2D eigenvalue weighted by atomic mass is 10.0. The summed E-state index contributed by atoms with van der Waals surface area (Å²) in [4.78, 5) is 0. The molecule has 1 fully saturated rings. The number of nitrogens with one attached hydrogen (secondary N) is 1. The van der Waals surface area contributed by atoms with E-state index in [4.69, 9.17) is 9.15 Å². The number of rotatable bonds is 3. The Labute approximate surface area is 89.2 Å². The molecule has 2 rings (SSSR count). The molecule has 0 radical (unpaired) electrons. The summed E-state index contributed by atoms with van der Waals surface area (Å²) < 4.78 is 11.1. The fourth-order valence-electron chi connectivity index (χ4n) is 1.75. The van der Waals surface area contributed by atoms with Crippen molar-refractivity contribution < 1.29 is 9.15 Å². The first kappa shape index (κ1) is 10.6. The van der Waals surface area contributed by atoms with E-state index in [2.05, 4.69) is 15.5 Å².